The molecule has 0 aliphatic heterocycles. The number of rotatable bonds is 3. The summed E-state index contributed by atoms with van der Waals surface area (Å²) in [6.45, 7) is 1.19. The average molecular weight is 154 g/mol. The topological polar surface area (TPSA) is 71.1 Å². The van der Waals surface area contributed by atoms with Gasteiger partial charge in [-0.3, -0.25) is 5.41 Å². The molecule has 0 saturated heterocycles. The third-order valence-corrected chi connectivity index (χ3v) is 0.622. The zero-order chi connectivity index (χ0) is 6.41. The number of hydrogen-bond acceptors (Lipinski definition) is 2. The van der Waals surface area contributed by atoms with E-state index in [9.17, 15) is 0 Å². The summed E-state index contributed by atoms with van der Waals surface area (Å²) >= 11 is 0. The lowest BCUT2D eigenvalue weighted by Gasteiger charge is -1.99. The van der Waals surface area contributed by atoms with Crippen LogP contribution in [0.2, 0.25) is 0 Å². The molecule has 9 heavy (non-hydrogen) atoms. The van der Waals surface area contributed by atoms with Crippen LogP contribution in [0.15, 0.2) is 0 Å². The van der Waals surface area contributed by atoms with Crippen LogP contribution in [0, 0.1) is 5.41 Å². The molecule has 0 saturated carbocycles. The van der Waals surface area contributed by atoms with E-state index in [4.69, 9.17) is 11.1 Å². The summed E-state index contributed by atoms with van der Waals surface area (Å²) in [5.41, 5.74) is 4.95. The predicted molar refractivity (Wildman–Crippen MR) is 39.0 cm³/mol. The number of halogens is 1. The first-order valence-corrected chi connectivity index (χ1v) is 2.34. The Labute approximate surface area is 60.7 Å². The Morgan fingerprint density at radius 1 is 1.78 bits per heavy atom. The van der Waals surface area contributed by atoms with Gasteiger partial charge in [-0.05, 0) is 0 Å². The van der Waals surface area contributed by atoms with Crippen LogP contribution in [-0.4, -0.2) is 26.2 Å². The quantitative estimate of drug-likeness (QED) is 0.292. The molecule has 56 valence electrons. The maximum Gasteiger partial charge on any atom is 0.185 e. The Hall–Kier alpha value is -0.480. The lowest BCUT2D eigenvalue weighted by molar-refractivity contribution is 0.204. The molecule has 0 radical (unpaired) electrons. The van der Waals surface area contributed by atoms with Crippen molar-refractivity contribution in [1.82, 2.24) is 5.32 Å². The van der Waals surface area contributed by atoms with E-state index in [-0.39, 0.29) is 18.4 Å². The van der Waals surface area contributed by atoms with Gasteiger partial charge in [0, 0.05) is 13.7 Å². The molecule has 0 heterocycles. The molecule has 0 fully saturated rings. The molecule has 5 heteroatoms. The minimum absolute atomic E-state index is 0. The van der Waals surface area contributed by atoms with Crippen molar-refractivity contribution >= 4 is 18.4 Å². The standard InChI is InChI=1S/C4H11N3O.ClH/c1-8-3-2-7-4(5)6;/h2-3H2,1H3,(H4,5,6,7);1H. The second kappa shape index (κ2) is 7.52. The van der Waals surface area contributed by atoms with Gasteiger partial charge in [-0.2, -0.15) is 0 Å². The average Bonchev–Trinajstić information content (AvgIpc) is 1.66. The summed E-state index contributed by atoms with van der Waals surface area (Å²) in [4.78, 5) is 0. The third-order valence-electron chi connectivity index (χ3n) is 0.622. The smallest absolute Gasteiger partial charge is 0.185 e. The number of hydrogen-bond donors (Lipinski definition) is 3. The van der Waals surface area contributed by atoms with Crippen molar-refractivity contribution in [3.63, 3.8) is 0 Å². The van der Waals surface area contributed by atoms with E-state index < -0.39 is 0 Å². The molecule has 0 spiro atoms. The lowest BCUT2D eigenvalue weighted by Crippen LogP contribution is -2.32. The van der Waals surface area contributed by atoms with Crippen molar-refractivity contribution in [2.75, 3.05) is 20.3 Å². The molecule has 0 amide bonds. The first-order valence-electron chi connectivity index (χ1n) is 2.34. The minimum atomic E-state index is -0.0120. The minimum Gasteiger partial charge on any atom is -0.383 e. The Kier molecular flexibility index (Phi) is 9.47. The summed E-state index contributed by atoms with van der Waals surface area (Å²) in [5.74, 6) is -0.0120. The number of nitrogens with two attached hydrogens (primary N) is 1. The molecule has 4 nitrogen and oxygen atoms in total. The van der Waals surface area contributed by atoms with Gasteiger partial charge in [-0.1, -0.05) is 0 Å². The van der Waals surface area contributed by atoms with E-state index in [1.165, 1.54) is 0 Å². The Balaban J connectivity index is 0. The second-order valence-electron chi connectivity index (χ2n) is 1.33. The molecule has 0 aromatic heterocycles. The number of nitrogens with one attached hydrogen (secondary N) is 2. The van der Waals surface area contributed by atoms with Crippen molar-refractivity contribution in [3.8, 4) is 0 Å². The molecule has 0 atom stereocenters. The molecule has 0 unspecified atom stereocenters. The summed E-state index contributed by atoms with van der Waals surface area (Å²) in [6.07, 6.45) is 0. The van der Waals surface area contributed by atoms with Gasteiger partial charge in [-0.25, -0.2) is 0 Å². The Bertz CT molecular complexity index is 78.2. The van der Waals surface area contributed by atoms with E-state index in [0.29, 0.717) is 13.2 Å². The third kappa shape index (κ3) is 11.2. The van der Waals surface area contributed by atoms with Gasteiger partial charge in [0.1, 0.15) is 0 Å². The molecule has 0 aromatic rings. The van der Waals surface area contributed by atoms with Crippen LogP contribution < -0.4 is 11.1 Å². The van der Waals surface area contributed by atoms with Crippen LogP contribution in [0.25, 0.3) is 0 Å². The van der Waals surface area contributed by atoms with Gasteiger partial charge >= 0.3 is 0 Å². The predicted octanol–water partition coefficient (Wildman–Crippen LogP) is -0.462. The van der Waals surface area contributed by atoms with Gasteiger partial charge in [0.05, 0.1) is 6.61 Å². The van der Waals surface area contributed by atoms with Gasteiger partial charge in [-0.15, -0.1) is 12.4 Å². The number of ether oxygens (including phenoxy) is 1. The lowest BCUT2D eigenvalue weighted by atomic mass is 10.7. The summed E-state index contributed by atoms with van der Waals surface area (Å²) in [5, 5.41) is 9.27. The van der Waals surface area contributed by atoms with E-state index in [1.54, 1.807) is 7.11 Å². The van der Waals surface area contributed by atoms with Crippen molar-refractivity contribution in [1.29, 1.82) is 5.41 Å². The van der Waals surface area contributed by atoms with Crippen LogP contribution in [-0.2, 0) is 4.74 Å². The fourth-order valence-corrected chi connectivity index (χ4v) is 0.288. The summed E-state index contributed by atoms with van der Waals surface area (Å²) in [7, 11) is 1.60. The maximum atomic E-state index is 6.68. The highest BCUT2D eigenvalue weighted by atomic mass is 35.5. The number of methoxy groups -OCH3 is 1. The monoisotopic (exact) mass is 153 g/mol. The summed E-state index contributed by atoms with van der Waals surface area (Å²) < 4.78 is 4.68. The Morgan fingerprint density at radius 3 is 2.67 bits per heavy atom. The van der Waals surface area contributed by atoms with Gasteiger partial charge in [0.2, 0.25) is 0 Å². The zero-order valence-electron chi connectivity index (χ0n) is 5.31. The molecule has 0 aliphatic carbocycles. The second-order valence-corrected chi connectivity index (χ2v) is 1.33. The first-order chi connectivity index (χ1) is 3.77. The highest BCUT2D eigenvalue weighted by Crippen LogP contribution is 1.60. The fraction of sp³-hybridized carbons (Fsp3) is 0.750. The van der Waals surface area contributed by atoms with Crippen molar-refractivity contribution < 1.29 is 4.74 Å². The zero-order valence-corrected chi connectivity index (χ0v) is 6.12. The van der Waals surface area contributed by atoms with Crippen molar-refractivity contribution in [2.24, 2.45) is 5.73 Å². The van der Waals surface area contributed by atoms with Gasteiger partial charge in [0.25, 0.3) is 0 Å². The fourth-order valence-electron chi connectivity index (χ4n) is 0.288. The molecular formula is C4H12ClN3O. The maximum absolute atomic E-state index is 6.68. The van der Waals surface area contributed by atoms with Crippen molar-refractivity contribution in [2.45, 2.75) is 0 Å². The SMILES string of the molecule is COCCNC(=N)N.Cl. The van der Waals surface area contributed by atoms with Crippen LogP contribution in [0.3, 0.4) is 0 Å². The van der Waals surface area contributed by atoms with Crippen LogP contribution in [0.1, 0.15) is 0 Å². The molecular weight excluding hydrogens is 142 g/mol. The molecule has 4 N–H and O–H groups in total. The molecule has 0 bridgehead atoms. The molecule has 0 aromatic carbocycles. The van der Waals surface area contributed by atoms with Gasteiger partial charge < -0.3 is 15.8 Å². The highest BCUT2D eigenvalue weighted by Gasteiger charge is 1.82. The first kappa shape index (κ1) is 11.3. The van der Waals surface area contributed by atoms with Crippen molar-refractivity contribution in [3.05, 3.63) is 0 Å². The van der Waals surface area contributed by atoms with E-state index >= 15 is 0 Å². The van der Waals surface area contributed by atoms with E-state index in [1.807, 2.05) is 0 Å². The van der Waals surface area contributed by atoms with E-state index in [2.05, 4.69) is 10.1 Å². The Morgan fingerprint density at radius 2 is 2.33 bits per heavy atom. The van der Waals surface area contributed by atoms with E-state index in [0.717, 1.165) is 0 Å². The molecule has 0 rings (SSSR count). The van der Waals surface area contributed by atoms with Crippen LogP contribution in [0.4, 0.5) is 0 Å². The largest absolute Gasteiger partial charge is 0.383 e. The molecule has 0 aliphatic rings. The highest BCUT2D eigenvalue weighted by molar-refractivity contribution is 5.85. The number of guanidine groups is 1. The summed E-state index contributed by atoms with van der Waals surface area (Å²) in [6, 6.07) is 0. The van der Waals surface area contributed by atoms with Gasteiger partial charge in [0.15, 0.2) is 5.96 Å². The van der Waals surface area contributed by atoms with Crippen LogP contribution >= 0.6 is 12.4 Å². The van der Waals surface area contributed by atoms with Crippen LogP contribution in [0.5, 0.6) is 0 Å². The normalized spacial score (nSPS) is 7.67.